The lowest BCUT2D eigenvalue weighted by Crippen LogP contribution is -2.20. The van der Waals surface area contributed by atoms with Crippen molar-refractivity contribution in [2.45, 2.75) is 33.7 Å². The maximum absolute atomic E-state index is 3.99. The Kier molecular flexibility index (Phi) is 4.08. The van der Waals surface area contributed by atoms with E-state index in [4.69, 9.17) is 0 Å². The lowest BCUT2D eigenvalue weighted by Gasteiger charge is -2.18. The van der Waals surface area contributed by atoms with Gasteiger partial charge in [0.05, 0.1) is 0 Å². The van der Waals surface area contributed by atoms with Crippen LogP contribution in [0.3, 0.4) is 0 Å². The van der Waals surface area contributed by atoms with Crippen LogP contribution in [0.1, 0.15) is 32.8 Å². The van der Waals surface area contributed by atoms with Gasteiger partial charge in [0.15, 0.2) is 0 Å². The molecule has 1 N–H and O–H groups in total. The standard InChI is InChI=1S/C12H20N2/c1-12(2,3)6-9-14-10-11-4-7-13-8-5-11/h4-5,7-8,14H,6,9-10H2,1-3H3. The zero-order chi connectivity index (χ0) is 10.4. The average molecular weight is 192 g/mol. The number of aromatic nitrogens is 1. The first kappa shape index (κ1) is 11.2. The van der Waals surface area contributed by atoms with Gasteiger partial charge in [-0.3, -0.25) is 4.98 Å². The van der Waals surface area contributed by atoms with E-state index in [1.807, 2.05) is 24.5 Å². The van der Waals surface area contributed by atoms with Gasteiger partial charge in [-0.1, -0.05) is 20.8 Å². The first-order valence-electron chi connectivity index (χ1n) is 5.17. The van der Waals surface area contributed by atoms with Crippen LogP contribution < -0.4 is 5.32 Å². The predicted molar refractivity (Wildman–Crippen MR) is 60.0 cm³/mol. The van der Waals surface area contributed by atoms with Crippen molar-refractivity contribution in [3.8, 4) is 0 Å². The molecular weight excluding hydrogens is 172 g/mol. The summed E-state index contributed by atoms with van der Waals surface area (Å²) >= 11 is 0. The molecule has 0 saturated heterocycles. The summed E-state index contributed by atoms with van der Waals surface area (Å²) in [5.74, 6) is 0. The van der Waals surface area contributed by atoms with E-state index in [0.29, 0.717) is 5.41 Å². The third kappa shape index (κ3) is 4.97. The fourth-order valence-corrected chi connectivity index (χ4v) is 1.20. The average Bonchev–Trinajstić information content (AvgIpc) is 2.13. The van der Waals surface area contributed by atoms with Crippen LogP contribution in [0, 0.1) is 5.41 Å². The molecule has 0 aliphatic carbocycles. The van der Waals surface area contributed by atoms with Crippen molar-refractivity contribution >= 4 is 0 Å². The summed E-state index contributed by atoms with van der Waals surface area (Å²) in [4.78, 5) is 3.99. The molecule has 0 aliphatic rings. The fraction of sp³-hybridized carbons (Fsp3) is 0.583. The molecule has 0 atom stereocenters. The molecule has 0 radical (unpaired) electrons. The van der Waals surface area contributed by atoms with Gasteiger partial charge in [0.1, 0.15) is 0 Å². The third-order valence-corrected chi connectivity index (χ3v) is 2.13. The van der Waals surface area contributed by atoms with Crippen molar-refractivity contribution in [2.24, 2.45) is 5.41 Å². The van der Waals surface area contributed by atoms with Gasteiger partial charge in [-0.15, -0.1) is 0 Å². The van der Waals surface area contributed by atoms with Crippen LogP contribution in [0.4, 0.5) is 0 Å². The van der Waals surface area contributed by atoms with Crippen molar-refractivity contribution in [3.05, 3.63) is 30.1 Å². The minimum atomic E-state index is 0.422. The Hall–Kier alpha value is -0.890. The summed E-state index contributed by atoms with van der Waals surface area (Å²) in [7, 11) is 0. The number of nitrogens with one attached hydrogen (secondary N) is 1. The van der Waals surface area contributed by atoms with Gasteiger partial charge in [0, 0.05) is 18.9 Å². The van der Waals surface area contributed by atoms with Crippen LogP contribution in [0.2, 0.25) is 0 Å². The Bertz CT molecular complexity index is 249. The lowest BCUT2D eigenvalue weighted by atomic mass is 9.92. The summed E-state index contributed by atoms with van der Waals surface area (Å²) in [5, 5.41) is 3.43. The summed E-state index contributed by atoms with van der Waals surface area (Å²) in [6.45, 7) is 8.81. The monoisotopic (exact) mass is 192 g/mol. The largest absolute Gasteiger partial charge is 0.313 e. The molecule has 0 aliphatic heterocycles. The van der Waals surface area contributed by atoms with Gasteiger partial charge < -0.3 is 5.32 Å². The minimum Gasteiger partial charge on any atom is -0.313 e. The number of hydrogen-bond donors (Lipinski definition) is 1. The molecule has 78 valence electrons. The molecule has 1 rings (SSSR count). The molecule has 1 aromatic heterocycles. The Balaban J connectivity index is 2.17. The number of pyridine rings is 1. The molecule has 0 aromatic carbocycles. The van der Waals surface area contributed by atoms with Crippen LogP contribution in [-0.2, 0) is 6.54 Å². The number of rotatable bonds is 4. The van der Waals surface area contributed by atoms with Crippen LogP contribution >= 0.6 is 0 Å². The molecule has 0 amide bonds. The molecular formula is C12H20N2. The highest BCUT2D eigenvalue weighted by atomic mass is 14.8. The molecule has 2 nitrogen and oxygen atoms in total. The Labute approximate surface area is 86.8 Å². The molecule has 0 spiro atoms. The Morgan fingerprint density at radius 1 is 1.21 bits per heavy atom. The molecule has 1 heterocycles. The van der Waals surface area contributed by atoms with E-state index in [-0.39, 0.29) is 0 Å². The first-order valence-corrected chi connectivity index (χ1v) is 5.17. The highest BCUT2D eigenvalue weighted by Gasteiger charge is 2.08. The van der Waals surface area contributed by atoms with E-state index in [9.17, 15) is 0 Å². The molecule has 0 saturated carbocycles. The third-order valence-electron chi connectivity index (χ3n) is 2.13. The second kappa shape index (κ2) is 5.11. The molecule has 0 bridgehead atoms. The van der Waals surface area contributed by atoms with Gasteiger partial charge in [-0.25, -0.2) is 0 Å². The Morgan fingerprint density at radius 3 is 2.43 bits per heavy atom. The highest BCUT2D eigenvalue weighted by molar-refractivity contribution is 5.08. The van der Waals surface area contributed by atoms with Crippen molar-refractivity contribution in [1.29, 1.82) is 0 Å². The molecule has 14 heavy (non-hydrogen) atoms. The summed E-state index contributed by atoms with van der Waals surface area (Å²) in [5.41, 5.74) is 1.72. The zero-order valence-electron chi connectivity index (χ0n) is 9.38. The first-order chi connectivity index (χ1) is 6.58. The van der Waals surface area contributed by atoms with Crippen LogP contribution in [0.15, 0.2) is 24.5 Å². The normalized spacial score (nSPS) is 11.6. The zero-order valence-corrected chi connectivity index (χ0v) is 9.38. The van der Waals surface area contributed by atoms with Gasteiger partial charge in [-0.2, -0.15) is 0 Å². The van der Waals surface area contributed by atoms with Gasteiger partial charge >= 0.3 is 0 Å². The number of nitrogens with zero attached hydrogens (tertiary/aromatic N) is 1. The summed E-state index contributed by atoms with van der Waals surface area (Å²) < 4.78 is 0. The fourth-order valence-electron chi connectivity index (χ4n) is 1.20. The second-order valence-corrected chi connectivity index (χ2v) is 4.84. The lowest BCUT2D eigenvalue weighted by molar-refractivity contribution is 0.366. The molecule has 0 unspecified atom stereocenters. The molecule has 0 fully saturated rings. The van der Waals surface area contributed by atoms with E-state index in [1.165, 1.54) is 12.0 Å². The maximum atomic E-state index is 3.99. The SMILES string of the molecule is CC(C)(C)CCNCc1ccncc1. The number of hydrogen-bond acceptors (Lipinski definition) is 2. The van der Waals surface area contributed by atoms with Crippen LogP contribution in [0.25, 0.3) is 0 Å². The second-order valence-electron chi connectivity index (χ2n) is 4.84. The van der Waals surface area contributed by atoms with Gasteiger partial charge in [-0.05, 0) is 36.1 Å². The van der Waals surface area contributed by atoms with Gasteiger partial charge in [0.25, 0.3) is 0 Å². The Morgan fingerprint density at radius 2 is 1.86 bits per heavy atom. The van der Waals surface area contributed by atoms with Crippen molar-refractivity contribution in [3.63, 3.8) is 0 Å². The summed E-state index contributed by atoms with van der Waals surface area (Å²) in [6, 6.07) is 4.09. The maximum Gasteiger partial charge on any atom is 0.0271 e. The van der Waals surface area contributed by atoms with E-state index < -0.39 is 0 Å². The highest BCUT2D eigenvalue weighted by Crippen LogP contribution is 2.16. The van der Waals surface area contributed by atoms with E-state index in [0.717, 1.165) is 13.1 Å². The minimum absolute atomic E-state index is 0.422. The molecule has 1 aromatic rings. The van der Waals surface area contributed by atoms with Crippen molar-refractivity contribution in [1.82, 2.24) is 10.3 Å². The van der Waals surface area contributed by atoms with Crippen molar-refractivity contribution in [2.75, 3.05) is 6.54 Å². The predicted octanol–water partition coefficient (Wildman–Crippen LogP) is 2.61. The van der Waals surface area contributed by atoms with E-state index >= 15 is 0 Å². The van der Waals surface area contributed by atoms with Crippen LogP contribution in [-0.4, -0.2) is 11.5 Å². The topological polar surface area (TPSA) is 24.9 Å². The van der Waals surface area contributed by atoms with Crippen LogP contribution in [0.5, 0.6) is 0 Å². The smallest absolute Gasteiger partial charge is 0.0271 e. The van der Waals surface area contributed by atoms with Gasteiger partial charge in [0.2, 0.25) is 0 Å². The molecule has 2 heteroatoms. The van der Waals surface area contributed by atoms with E-state index in [2.05, 4.69) is 31.1 Å². The quantitative estimate of drug-likeness (QED) is 0.742. The van der Waals surface area contributed by atoms with Crippen molar-refractivity contribution < 1.29 is 0 Å². The summed E-state index contributed by atoms with van der Waals surface area (Å²) in [6.07, 6.45) is 4.87. The van der Waals surface area contributed by atoms with E-state index in [1.54, 1.807) is 0 Å².